The molecule has 0 aromatic rings. The van der Waals surface area contributed by atoms with Gasteiger partial charge in [-0.1, -0.05) is 26.5 Å². The van der Waals surface area contributed by atoms with Crippen molar-refractivity contribution in [1.82, 2.24) is 16.0 Å². The van der Waals surface area contributed by atoms with Gasteiger partial charge in [-0.3, -0.25) is 5.01 Å². The summed E-state index contributed by atoms with van der Waals surface area (Å²) in [5.74, 6) is -1.62. The van der Waals surface area contributed by atoms with Crippen molar-refractivity contribution in [2.24, 2.45) is 0 Å². The Hall–Kier alpha value is -2.48. The Labute approximate surface area is 150 Å². The van der Waals surface area contributed by atoms with Crippen molar-refractivity contribution in [2.75, 3.05) is 6.61 Å². The van der Waals surface area contributed by atoms with Crippen LogP contribution in [0.4, 0.5) is 17.6 Å². The lowest BCUT2D eigenvalue weighted by molar-refractivity contribution is -0.164. The van der Waals surface area contributed by atoms with Gasteiger partial charge >= 0.3 is 6.18 Å². The third-order valence-electron chi connectivity index (χ3n) is 3.31. The molecule has 0 aromatic carbocycles. The largest absolute Gasteiger partial charge is 0.482 e. The van der Waals surface area contributed by atoms with E-state index in [1.807, 2.05) is 26.8 Å². The first-order chi connectivity index (χ1) is 12.2. The monoisotopic (exact) mass is 373 g/mol. The van der Waals surface area contributed by atoms with Crippen LogP contribution in [0.15, 0.2) is 71.2 Å². The van der Waals surface area contributed by atoms with E-state index < -0.39 is 24.4 Å². The second kappa shape index (κ2) is 9.28. The predicted molar refractivity (Wildman–Crippen MR) is 93.5 cm³/mol. The molecule has 0 unspecified atom stereocenters. The zero-order valence-corrected chi connectivity index (χ0v) is 15.2. The molecule has 4 nitrogen and oxygen atoms in total. The number of nitrogens with one attached hydrogen (secondary N) is 2. The van der Waals surface area contributed by atoms with Gasteiger partial charge in [-0.05, 0) is 43.2 Å². The molecule has 2 rings (SSSR count). The van der Waals surface area contributed by atoms with Crippen molar-refractivity contribution in [3.63, 3.8) is 0 Å². The van der Waals surface area contributed by atoms with Crippen LogP contribution in [0.3, 0.4) is 0 Å². The van der Waals surface area contributed by atoms with E-state index in [-0.39, 0.29) is 0 Å². The molecule has 0 atom stereocenters. The lowest BCUT2D eigenvalue weighted by Crippen LogP contribution is -2.34. The number of rotatable bonds is 5. The van der Waals surface area contributed by atoms with Gasteiger partial charge < -0.3 is 10.2 Å². The standard InChI is InChI=1S/C16H17F4N3O.C2H6/c1-4-12(7-14(17)11(3)24-9-16(18,19)20)13-5-6-23-15(8-13)10(2)21-22-23;1-2/h4-8,21-22H,3,9H2,1-2H3;1-2H3/b12-4+,14-7+;. The van der Waals surface area contributed by atoms with E-state index >= 15 is 0 Å². The third kappa shape index (κ3) is 5.80. The number of nitrogens with zero attached hydrogens (tertiary/aromatic N) is 1. The number of ether oxygens (including phenoxy) is 1. The Morgan fingerprint density at radius 1 is 1.35 bits per heavy atom. The quantitative estimate of drug-likeness (QED) is 0.408. The van der Waals surface area contributed by atoms with E-state index in [9.17, 15) is 17.6 Å². The normalized spacial score (nSPS) is 17.2. The minimum Gasteiger partial charge on any atom is -0.482 e. The number of allylic oxidation sites excluding steroid dienone is 8. The fourth-order valence-electron chi connectivity index (χ4n) is 2.06. The Kier molecular flexibility index (Phi) is 7.70. The van der Waals surface area contributed by atoms with Gasteiger partial charge in [0.15, 0.2) is 12.4 Å². The molecule has 2 heterocycles. The highest BCUT2D eigenvalue weighted by atomic mass is 19.4. The number of fused-ring (bicyclic) bond motifs is 1. The van der Waals surface area contributed by atoms with Gasteiger partial charge in [0.2, 0.25) is 0 Å². The Morgan fingerprint density at radius 2 is 2.00 bits per heavy atom. The number of hydrogen-bond acceptors (Lipinski definition) is 4. The Balaban J connectivity index is 0.00000163. The van der Waals surface area contributed by atoms with Crippen LogP contribution in [0.2, 0.25) is 0 Å². The topological polar surface area (TPSA) is 36.5 Å². The highest BCUT2D eigenvalue weighted by molar-refractivity contribution is 5.53. The summed E-state index contributed by atoms with van der Waals surface area (Å²) in [6.07, 6.45) is 3.51. The van der Waals surface area contributed by atoms with E-state index in [1.54, 1.807) is 30.3 Å². The maximum absolute atomic E-state index is 14.0. The van der Waals surface area contributed by atoms with Crippen LogP contribution in [0, 0.1) is 0 Å². The van der Waals surface area contributed by atoms with Gasteiger partial charge in [0.25, 0.3) is 0 Å². The summed E-state index contributed by atoms with van der Waals surface area (Å²) in [6.45, 7) is 9.17. The van der Waals surface area contributed by atoms with Crippen LogP contribution >= 0.6 is 0 Å². The molecule has 2 aliphatic rings. The third-order valence-corrected chi connectivity index (χ3v) is 3.31. The van der Waals surface area contributed by atoms with Crippen molar-refractivity contribution in [1.29, 1.82) is 0 Å². The van der Waals surface area contributed by atoms with Gasteiger partial charge in [0.05, 0.1) is 11.4 Å². The highest BCUT2D eigenvalue weighted by Gasteiger charge is 2.29. The van der Waals surface area contributed by atoms with Gasteiger partial charge in [-0.25, -0.2) is 4.39 Å². The van der Waals surface area contributed by atoms with Crippen LogP contribution in [0.25, 0.3) is 0 Å². The lowest BCUT2D eigenvalue weighted by Gasteiger charge is -2.19. The minimum absolute atomic E-state index is 0.493. The molecular weight excluding hydrogens is 350 g/mol. The molecule has 2 aliphatic heterocycles. The van der Waals surface area contributed by atoms with E-state index in [0.29, 0.717) is 11.1 Å². The molecule has 0 amide bonds. The summed E-state index contributed by atoms with van der Waals surface area (Å²) in [6, 6.07) is 0. The molecule has 0 saturated heterocycles. The summed E-state index contributed by atoms with van der Waals surface area (Å²) >= 11 is 0. The summed E-state index contributed by atoms with van der Waals surface area (Å²) in [7, 11) is 0. The second-order valence-electron chi connectivity index (χ2n) is 5.10. The number of halogens is 4. The minimum atomic E-state index is -4.54. The molecule has 0 fully saturated rings. The summed E-state index contributed by atoms with van der Waals surface area (Å²) < 4.78 is 54.7. The maximum atomic E-state index is 14.0. The Bertz CT molecular complexity index is 685. The van der Waals surface area contributed by atoms with Crippen LogP contribution < -0.4 is 11.0 Å². The van der Waals surface area contributed by atoms with Crippen LogP contribution in [-0.4, -0.2) is 17.8 Å². The molecule has 144 valence electrons. The van der Waals surface area contributed by atoms with Gasteiger partial charge in [-0.15, -0.1) is 5.53 Å². The van der Waals surface area contributed by atoms with Gasteiger partial charge in [0, 0.05) is 6.20 Å². The molecule has 26 heavy (non-hydrogen) atoms. The molecule has 8 heteroatoms. The lowest BCUT2D eigenvalue weighted by atomic mass is 10.0. The molecule has 2 N–H and O–H groups in total. The zero-order chi connectivity index (χ0) is 19.9. The van der Waals surface area contributed by atoms with Crippen molar-refractivity contribution in [2.45, 2.75) is 33.9 Å². The smallest absolute Gasteiger partial charge is 0.422 e. The fraction of sp³-hybridized carbons (Fsp3) is 0.333. The average molecular weight is 373 g/mol. The molecular formula is C18H23F4N3O. The number of hydrogen-bond donors (Lipinski definition) is 2. The van der Waals surface area contributed by atoms with Crippen LogP contribution in [-0.2, 0) is 4.74 Å². The van der Waals surface area contributed by atoms with E-state index in [4.69, 9.17) is 0 Å². The second-order valence-corrected chi connectivity index (χ2v) is 5.10. The highest BCUT2D eigenvalue weighted by Crippen LogP contribution is 2.27. The molecule has 0 bridgehead atoms. The van der Waals surface area contributed by atoms with Crippen molar-refractivity contribution < 1.29 is 22.3 Å². The van der Waals surface area contributed by atoms with Crippen molar-refractivity contribution in [3.05, 3.63) is 71.2 Å². The van der Waals surface area contributed by atoms with E-state index in [2.05, 4.69) is 22.3 Å². The SMILES string of the molecule is C=C(OCC(F)(F)F)/C(F)=C\C(=C/C)C1=CC2=C(C)NNN2C=C1.CC. The van der Waals surface area contributed by atoms with Gasteiger partial charge in [0.1, 0.15) is 5.76 Å². The summed E-state index contributed by atoms with van der Waals surface area (Å²) in [5.41, 5.74) is 8.78. The first-order valence-corrected chi connectivity index (χ1v) is 8.05. The number of hydrazine groups is 2. The van der Waals surface area contributed by atoms with E-state index in [1.165, 1.54) is 0 Å². The molecule has 0 aromatic heterocycles. The summed E-state index contributed by atoms with van der Waals surface area (Å²) in [4.78, 5) is 0. The van der Waals surface area contributed by atoms with Gasteiger partial charge in [-0.2, -0.15) is 13.2 Å². The van der Waals surface area contributed by atoms with Crippen LogP contribution in [0.5, 0.6) is 0 Å². The van der Waals surface area contributed by atoms with Crippen LogP contribution in [0.1, 0.15) is 27.7 Å². The molecule has 0 aliphatic carbocycles. The Morgan fingerprint density at radius 3 is 2.58 bits per heavy atom. The van der Waals surface area contributed by atoms with Crippen molar-refractivity contribution >= 4 is 0 Å². The van der Waals surface area contributed by atoms with E-state index in [0.717, 1.165) is 17.5 Å². The zero-order valence-electron chi connectivity index (χ0n) is 15.2. The fourth-order valence-corrected chi connectivity index (χ4v) is 2.06. The first-order valence-electron chi connectivity index (χ1n) is 8.05. The molecule has 0 spiro atoms. The average Bonchev–Trinajstić information content (AvgIpc) is 2.99. The molecule has 0 saturated carbocycles. The van der Waals surface area contributed by atoms with Crippen molar-refractivity contribution in [3.8, 4) is 0 Å². The maximum Gasteiger partial charge on any atom is 0.422 e. The predicted octanol–water partition coefficient (Wildman–Crippen LogP) is 4.91. The molecule has 0 radical (unpaired) electrons. The number of alkyl halides is 3. The first kappa shape index (κ1) is 21.6. The summed E-state index contributed by atoms with van der Waals surface area (Å²) in [5, 5.41) is 1.75.